The molecular weight excluding hydrogens is 312 g/mol. The van der Waals surface area contributed by atoms with Gasteiger partial charge in [-0.25, -0.2) is 4.79 Å². The quantitative estimate of drug-likeness (QED) is 0.793. The first kappa shape index (κ1) is 19.4. The Hall–Kier alpha value is -1.69. The number of amides is 2. The fourth-order valence-electron chi connectivity index (χ4n) is 2.01. The van der Waals surface area contributed by atoms with Crippen molar-refractivity contribution in [1.29, 1.82) is 0 Å². The maximum atomic E-state index is 12.2. The number of rotatable bonds is 7. The number of carbonyl (C=O) groups excluding carboxylic acids is 1. The zero-order chi connectivity index (χ0) is 17.6. The molecule has 2 N–H and O–H groups in total. The van der Waals surface area contributed by atoms with Gasteiger partial charge in [0.15, 0.2) is 0 Å². The summed E-state index contributed by atoms with van der Waals surface area (Å²) in [5, 5.41) is 12.3. The monoisotopic (exact) mass is 338 g/mol. The number of anilines is 1. The van der Waals surface area contributed by atoms with Crippen molar-refractivity contribution in [2.24, 2.45) is 5.92 Å². The van der Waals surface area contributed by atoms with Gasteiger partial charge in [0.05, 0.1) is 5.92 Å². The fraction of sp³-hybridized carbons (Fsp3) is 0.529. The maximum absolute atomic E-state index is 12.2. The number of thioether (sulfide) groups is 1. The highest BCUT2D eigenvalue weighted by Gasteiger charge is 2.18. The van der Waals surface area contributed by atoms with Crippen LogP contribution in [-0.2, 0) is 10.5 Å². The molecular formula is C17H26N2O3S. The minimum absolute atomic E-state index is 0.170. The van der Waals surface area contributed by atoms with Crippen LogP contribution in [0.3, 0.4) is 0 Å². The molecule has 1 atom stereocenters. The second-order valence-electron chi connectivity index (χ2n) is 6.00. The largest absolute Gasteiger partial charge is 0.481 e. The van der Waals surface area contributed by atoms with Crippen molar-refractivity contribution in [2.45, 2.75) is 38.7 Å². The molecule has 0 aromatic heterocycles. The van der Waals surface area contributed by atoms with E-state index in [1.54, 1.807) is 14.0 Å². The zero-order valence-corrected chi connectivity index (χ0v) is 15.2. The van der Waals surface area contributed by atoms with Gasteiger partial charge in [-0.3, -0.25) is 4.79 Å². The third-order valence-corrected chi connectivity index (χ3v) is 4.72. The molecule has 2 amide bonds. The van der Waals surface area contributed by atoms with Crippen LogP contribution in [0.2, 0.25) is 0 Å². The Kier molecular flexibility index (Phi) is 7.42. The van der Waals surface area contributed by atoms with E-state index in [1.165, 1.54) is 10.5 Å². The van der Waals surface area contributed by atoms with Crippen molar-refractivity contribution in [2.75, 3.05) is 18.9 Å². The molecule has 1 rings (SSSR count). The summed E-state index contributed by atoms with van der Waals surface area (Å²) in [5.41, 5.74) is 3.02. The van der Waals surface area contributed by atoms with E-state index < -0.39 is 11.9 Å². The number of nitrogens with one attached hydrogen (secondary N) is 1. The first-order chi connectivity index (χ1) is 10.7. The van der Waals surface area contributed by atoms with Crippen molar-refractivity contribution in [3.05, 3.63) is 29.3 Å². The summed E-state index contributed by atoms with van der Waals surface area (Å²) >= 11 is 1.86. The van der Waals surface area contributed by atoms with Gasteiger partial charge < -0.3 is 15.3 Å². The van der Waals surface area contributed by atoms with Gasteiger partial charge in [0.25, 0.3) is 0 Å². The van der Waals surface area contributed by atoms with E-state index in [0.717, 1.165) is 17.0 Å². The van der Waals surface area contributed by atoms with Crippen LogP contribution in [0.15, 0.2) is 18.2 Å². The number of hydrogen-bond acceptors (Lipinski definition) is 3. The molecule has 0 aliphatic carbocycles. The fourth-order valence-corrected chi connectivity index (χ4v) is 2.84. The van der Waals surface area contributed by atoms with Gasteiger partial charge in [0.2, 0.25) is 0 Å². The lowest BCUT2D eigenvalue weighted by Gasteiger charge is -2.21. The summed E-state index contributed by atoms with van der Waals surface area (Å²) < 4.78 is 0. The van der Waals surface area contributed by atoms with Crippen LogP contribution in [-0.4, -0.2) is 40.8 Å². The Morgan fingerprint density at radius 2 is 1.96 bits per heavy atom. The summed E-state index contributed by atoms with van der Waals surface area (Å²) in [7, 11) is 1.60. The molecule has 128 valence electrons. The lowest BCUT2D eigenvalue weighted by molar-refractivity contribution is -0.141. The number of carboxylic acid groups (broad SMARTS) is 1. The summed E-state index contributed by atoms with van der Waals surface area (Å²) in [6, 6.07) is 5.57. The summed E-state index contributed by atoms with van der Waals surface area (Å²) in [5.74, 6) is -0.604. The van der Waals surface area contributed by atoms with Crippen molar-refractivity contribution < 1.29 is 14.7 Å². The molecule has 0 bridgehead atoms. The summed E-state index contributed by atoms with van der Waals surface area (Å²) in [4.78, 5) is 24.5. The third kappa shape index (κ3) is 6.14. The van der Waals surface area contributed by atoms with Crippen LogP contribution < -0.4 is 5.32 Å². The molecule has 0 aliphatic heterocycles. The molecule has 23 heavy (non-hydrogen) atoms. The van der Waals surface area contributed by atoms with Gasteiger partial charge in [0, 0.05) is 25.0 Å². The number of carbonyl (C=O) groups is 2. The van der Waals surface area contributed by atoms with Crippen molar-refractivity contribution in [3.63, 3.8) is 0 Å². The van der Waals surface area contributed by atoms with Gasteiger partial charge in [-0.1, -0.05) is 32.9 Å². The molecule has 1 aromatic rings. The van der Waals surface area contributed by atoms with E-state index in [0.29, 0.717) is 5.25 Å². The molecule has 1 aromatic carbocycles. The second kappa shape index (κ2) is 8.82. The molecule has 1 unspecified atom stereocenters. The topological polar surface area (TPSA) is 69.6 Å². The van der Waals surface area contributed by atoms with Crippen LogP contribution in [0.5, 0.6) is 0 Å². The van der Waals surface area contributed by atoms with Crippen LogP contribution in [0.25, 0.3) is 0 Å². The zero-order valence-electron chi connectivity index (χ0n) is 14.4. The molecule has 0 heterocycles. The van der Waals surface area contributed by atoms with E-state index >= 15 is 0 Å². The average molecular weight is 338 g/mol. The number of aliphatic carboxylic acids is 1. The number of nitrogens with zero attached hydrogens (tertiary/aromatic N) is 1. The molecule has 0 spiro atoms. The Morgan fingerprint density at radius 1 is 1.30 bits per heavy atom. The first-order valence-corrected chi connectivity index (χ1v) is 8.72. The maximum Gasteiger partial charge on any atom is 0.321 e. The Labute approximate surface area is 142 Å². The van der Waals surface area contributed by atoms with Crippen LogP contribution in [0.4, 0.5) is 10.5 Å². The molecule has 0 radical (unpaired) electrons. The standard InChI is InChI=1S/C17H26N2O3S/c1-11(2)23-10-14-7-6-8-15(13(14)4)18-17(22)19(5)9-12(3)16(20)21/h6-8,11-12H,9-10H2,1-5H3,(H,18,22)(H,20,21). The predicted molar refractivity (Wildman–Crippen MR) is 96.1 cm³/mol. The van der Waals surface area contributed by atoms with E-state index in [-0.39, 0.29) is 12.6 Å². The van der Waals surface area contributed by atoms with Gasteiger partial charge in [0.1, 0.15) is 0 Å². The van der Waals surface area contributed by atoms with E-state index in [4.69, 9.17) is 5.11 Å². The van der Waals surface area contributed by atoms with Gasteiger partial charge in [-0.05, 0) is 29.4 Å². The first-order valence-electron chi connectivity index (χ1n) is 7.67. The highest BCUT2D eigenvalue weighted by atomic mass is 32.2. The van der Waals surface area contributed by atoms with Crippen LogP contribution in [0, 0.1) is 12.8 Å². The molecule has 5 nitrogen and oxygen atoms in total. The smallest absolute Gasteiger partial charge is 0.321 e. The van der Waals surface area contributed by atoms with E-state index in [1.807, 2.05) is 30.8 Å². The molecule has 0 saturated carbocycles. The normalized spacial score (nSPS) is 12.1. The van der Waals surface area contributed by atoms with E-state index in [9.17, 15) is 9.59 Å². The Morgan fingerprint density at radius 3 is 2.52 bits per heavy atom. The minimum Gasteiger partial charge on any atom is -0.481 e. The van der Waals surface area contributed by atoms with Crippen LogP contribution in [0.1, 0.15) is 31.9 Å². The third-order valence-electron chi connectivity index (χ3n) is 3.58. The second-order valence-corrected chi connectivity index (χ2v) is 7.56. The summed E-state index contributed by atoms with van der Waals surface area (Å²) in [6.07, 6.45) is 0. The van der Waals surface area contributed by atoms with Crippen molar-refractivity contribution >= 4 is 29.4 Å². The summed E-state index contributed by atoms with van der Waals surface area (Å²) in [6.45, 7) is 8.06. The van der Waals surface area contributed by atoms with Gasteiger partial charge in [-0.15, -0.1) is 0 Å². The average Bonchev–Trinajstić information content (AvgIpc) is 2.47. The minimum atomic E-state index is -0.909. The van der Waals surface area contributed by atoms with Crippen molar-refractivity contribution in [1.82, 2.24) is 4.90 Å². The van der Waals surface area contributed by atoms with Gasteiger partial charge >= 0.3 is 12.0 Å². The highest BCUT2D eigenvalue weighted by molar-refractivity contribution is 7.99. The van der Waals surface area contributed by atoms with Gasteiger partial charge in [-0.2, -0.15) is 11.8 Å². The molecule has 0 aliphatic rings. The Balaban J connectivity index is 2.74. The van der Waals surface area contributed by atoms with E-state index in [2.05, 4.69) is 25.2 Å². The Bertz CT molecular complexity index is 561. The van der Waals surface area contributed by atoms with Crippen LogP contribution >= 0.6 is 11.8 Å². The highest BCUT2D eigenvalue weighted by Crippen LogP contribution is 2.25. The lowest BCUT2D eigenvalue weighted by Crippen LogP contribution is -2.36. The number of urea groups is 1. The molecule has 6 heteroatoms. The number of hydrogen-bond donors (Lipinski definition) is 2. The predicted octanol–water partition coefficient (Wildman–Crippen LogP) is 3.82. The number of benzene rings is 1. The lowest BCUT2D eigenvalue weighted by atomic mass is 10.1. The molecule has 0 fully saturated rings. The van der Waals surface area contributed by atoms with Crippen molar-refractivity contribution in [3.8, 4) is 0 Å². The number of carboxylic acids is 1. The molecule has 0 saturated heterocycles. The SMILES string of the molecule is Cc1c(CSC(C)C)cccc1NC(=O)N(C)CC(C)C(=O)O.